The molecule has 2 rings (SSSR count). The van der Waals surface area contributed by atoms with Crippen LogP contribution in [0.4, 0.5) is 10.2 Å². The SMILES string of the molecule is Cn1cnc([N+](=O)[O-])c1Oc1cc(F)ccc1C(=O)O. The van der Waals surface area contributed by atoms with Gasteiger partial charge < -0.3 is 20.0 Å². The zero-order valence-electron chi connectivity index (χ0n) is 10.1. The molecule has 0 bridgehead atoms. The van der Waals surface area contributed by atoms with Gasteiger partial charge in [0, 0.05) is 13.1 Å². The van der Waals surface area contributed by atoms with Crippen molar-refractivity contribution in [3.8, 4) is 11.6 Å². The number of carboxylic acids is 1. The second-order valence-corrected chi connectivity index (χ2v) is 3.79. The number of nitro groups is 1. The van der Waals surface area contributed by atoms with E-state index in [1.807, 2.05) is 0 Å². The summed E-state index contributed by atoms with van der Waals surface area (Å²) in [6.07, 6.45) is 1.13. The molecule has 0 saturated carbocycles. The minimum absolute atomic E-state index is 0.289. The van der Waals surface area contributed by atoms with Crippen molar-refractivity contribution in [2.75, 3.05) is 0 Å². The van der Waals surface area contributed by atoms with Gasteiger partial charge in [-0.1, -0.05) is 0 Å². The van der Waals surface area contributed by atoms with Gasteiger partial charge >= 0.3 is 17.7 Å². The molecule has 1 N–H and O–H groups in total. The van der Waals surface area contributed by atoms with E-state index in [9.17, 15) is 19.3 Å². The number of imidazole rings is 1. The quantitative estimate of drug-likeness (QED) is 0.678. The van der Waals surface area contributed by atoms with E-state index in [1.54, 1.807) is 0 Å². The molecular formula is C11H8FN3O5. The molecule has 1 heterocycles. The average molecular weight is 281 g/mol. The molecule has 0 radical (unpaired) electrons. The maximum atomic E-state index is 13.2. The summed E-state index contributed by atoms with van der Waals surface area (Å²) in [6.45, 7) is 0. The molecule has 0 amide bonds. The van der Waals surface area contributed by atoms with Crippen LogP contribution in [0.2, 0.25) is 0 Å². The van der Waals surface area contributed by atoms with E-state index in [1.165, 1.54) is 11.6 Å². The second kappa shape index (κ2) is 4.96. The number of hydrogen-bond donors (Lipinski definition) is 1. The number of ether oxygens (including phenoxy) is 1. The maximum absolute atomic E-state index is 13.2. The second-order valence-electron chi connectivity index (χ2n) is 3.79. The Morgan fingerprint density at radius 1 is 1.55 bits per heavy atom. The molecule has 104 valence electrons. The topological polar surface area (TPSA) is 107 Å². The van der Waals surface area contributed by atoms with Crippen molar-refractivity contribution in [1.29, 1.82) is 0 Å². The normalized spacial score (nSPS) is 10.3. The van der Waals surface area contributed by atoms with Gasteiger partial charge in [0.25, 0.3) is 0 Å². The summed E-state index contributed by atoms with van der Waals surface area (Å²) < 4.78 is 19.5. The van der Waals surface area contributed by atoms with Crippen LogP contribution in [-0.2, 0) is 7.05 Å². The van der Waals surface area contributed by atoms with Crippen molar-refractivity contribution in [1.82, 2.24) is 9.55 Å². The summed E-state index contributed by atoms with van der Waals surface area (Å²) in [7, 11) is 1.43. The minimum atomic E-state index is -1.34. The number of rotatable bonds is 4. The van der Waals surface area contributed by atoms with Crippen molar-refractivity contribution < 1.29 is 24.0 Å². The van der Waals surface area contributed by atoms with Crippen LogP contribution >= 0.6 is 0 Å². The zero-order chi connectivity index (χ0) is 14.9. The third kappa shape index (κ3) is 2.41. The number of carboxylic acid groups (broad SMARTS) is 1. The predicted molar refractivity (Wildman–Crippen MR) is 63.3 cm³/mol. The molecule has 0 aliphatic heterocycles. The number of aromatic carboxylic acids is 1. The Bertz CT molecular complexity index is 697. The minimum Gasteiger partial charge on any atom is -0.478 e. The number of aryl methyl sites for hydroxylation is 1. The summed E-state index contributed by atoms with van der Waals surface area (Å²) in [6, 6.07) is 2.79. The molecular weight excluding hydrogens is 273 g/mol. The van der Waals surface area contributed by atoms with Crippen molar-refractivity contribution >= 4 is 11.8 Å². The number of aromatic nitrogens is 2. The van der Waals surface area contributed by atoms with Crippen LogP contribution in [0, 0.1) is 15.9 Å². The average Bonchev–Trinajstić information content (AvgIpc) is 2.71. The van der Waals surface area contributed by atoms with E-state index in [0.29, 0.717) is 0 Å². The summed E-state index contributed by atoms with van der Waals surface area (Å²) in [5.74, 6) is -3.29. The van der Waals surface area contributed by atoms with E-state index in [0.717, 1.165) is 24.5 Å². The van der Waals surface area contributed by atoms with E-state index >= 15 is 0 Å². The maximum Gasteiger partial charge on any atom is 0.427 e. The van der Waals surface area contributed by atoms with Gasteiger partial charge in [-0.2, -0.15) is 0 Å². The third-order valence-electron chi connectivity index (χ3n) is 2.42. The lowest BCUT2D eigenvalue weighted by Gasteiger charge is -2.08. The standard InChI is InChI=1S/C11H8FN3O5/c1-14-5-13-9(15(18)19)10(14)20-8-4-6(12)2-3-7(8)11(16)17/h2-5H,1H3,(H,16,17). The third-order valence-corrected chi connectivity index (χ3v) is 2.42. The summed E-state index contributed by atoms with van der Waals surface area (Å²) in [5.41, 5.74) is -0.318. The highest BCUT2D eigenvalue weighted by Crippen LogP contribution is 2.31. The molecule has 1 aromatic carbocycles. The van der Waals surface area contributed by atoms with Crippen LogP contribution in [0.25, 0.3) is 0 Å². The monoisotopic (exact) mass is 281 g/mol. The number of halogens is 1. The molecule has 0 atom stereocenters. The van der Waals surface area contributed by atoms with E-state index < -0.39 is 22.5 Å². The van der Waals surface area contributed by atoms with Gasteiger partial charge in [-0.15, -0.1) is 0 Å². The smallest absolute Gasteiger partial charge is 0.427 e. The van der Waals surface area contributed by atoms with E-state index in [-0.39, 0.29) is 17.2 Å². The molecule has 0 aliphatic carbocycles. The molecule has 2 aromatic rings. The number of carbonyl (C=O) groups is 1. The van der Waals surface area contributed by atoms with Crippen LogP contribution in [0.3, 0.4) is 0 Å². The number of hydrogen-bond acceptors (Lipinski definition) is 5. The fourth-order valence-electron chi connectivity index (χ4n) is 1.51. The Labute approximate surface area is 111 Å². The Hall–Kier alpha value is -2.97. The van der Waals surface area contributed by atoms with Gasteiger partial charge in [0.2, 0.25) is 6.33 Å². The largest absolute Gasteiger partial charge is 0.478 e. The Morgan fingerprint density at radius 2 is 2.25 bits per heavy atom. The highest BCUT2D eigenvalue weighted by atomic mass is 19.1. The van der Waals surface area contributed by atoms with Crippen molar-refractivity contribution in [3.05, 3.63) is 46.0 Å². The van der Waals surface area contributed by atoms with Gasteiger partial charge in [0.1, 0.15) is 17.1 Å². The van der Waals surface area contributed by atoms with Crippen LogP contribution < -0.4 is 4.74 Å². The number of nitrogens with zero attached hydrogens (tertiary/aromatic N) is 3. The molecule has 8 nitrogen and oxygen atoms in total. The molecule has 20 heavy (non-hydrogen) atoms. The fourth-order valence-corrected chi connectivity index (χ4v) is 1.51. The van der Waals surface area contributed by atoms with E-state index in [2.05, 4.69) is 4.98 Å². The van der Waals surface area contributed by atoms with Crippen LogP contribution in [0.1, 0.15) is 10.4 Å². The Kier molecular flexibility index (Phi) is 3.34. The summed E-state index contributed by atoms with van der Waals surface area (Å²) in [4.78, 5) is 24.5. The first-order chi connectivity index (χ1) is 9.40. The van der Waals surface area contributed by atoms with Gasteiger partial charge in [-0.3, -0.25) is 4.57 Å². The Balaban J connectivity index is 2.50. The van der Waals surface area contributed by atoms with Crippen LogP contribution in [-0.4, -0.2) is 25.6 Å². The highest BCUT2D eigenvalue weighted by molar-refractivity contribution is 5.91. The summed E-state index contributed by atoms with van der Waals surface area (Å²) in [5, 5.41) is 19.7. The lowest BCUT2D eigenvalue weighted by atomic mass is 10.2. The molecule has 0 unspecified atom stereocenters. The zero-order valence-corrected chi connectivity index (χ0v) is 10.1. The molecule has 1 aromatic heterocycles. The number of benzene rings is 1. The van der Waals surface area contributed by atoms with Crippen molar-refractivity contribution in [2.24, 2.45) is 7.05 Å². The van der Waals surface area contributed by atoms with Gasteiger partial charge in [-0.05, 0) is 22.0 Å². The molecule has 9 heteroatoms. The predicted octanol–water partition coefficient (Wildman–Crippen LogP) is 1.96. The first-order valence-corrected chi connectivity index (χ1v) is 5.26. The van der Waals surface area contributed by atoms with Gasteiger partial charge in [-0.25, -0.2) is 9.18 Å². The Morgan fingerprint density at radius 3 is 2.85 bits per heavy atom. The van der Waals surface area contributed by atoms with Gasteiger partial charge in [0.05, 0.1) is 0 Å². The van der Waals surface area contributed by atoms with Crippen molar-refractivity contribution in [3.63, 3.8) is 0 Å². The van der Waals surface area contributed by atoms with E-state index in [4.69, 9.17) is 9.84 Å². The lowest BCUT2D eigenvalue weighted by Crippen LogP contribution is -2.03. The molecule has 0 aliphatic rings. The summed E-state index contributed by atoms with van der Waals surface area (Å²) >= 11 is 0. The first kappa shape index (κ1) is 13.5. The molecule has 0 spiro atoms. The molecule has 0 saturated heterocycles. The fraction of sp³-hybridized carbons (Fsp3) is 0.0909. The molecule has 0 fully saturated rings. The van der Waals surface area contributed by atoms with Gasteiger partial charge in [0.15, 0.2) is 0 Å². The first-order valence-electron chi connectivity index (χ1n) is 5.26. The highest BCUT2D eigenvalue weighted by Gasteiger charge is 2.24. The van der Waals surface area contributed by atoms with Crippen LogP contribution in [0.15, 0.2) is 24.5 Å². The van der Waals surface area contributed by atoms with Crippen molar-refractivity contribution in [2.45, 2.75) is 0 Å². The van der Waals surface area contributed by atoms with Crippen LogP contribution in [0.5, 0.6) is 11.6 Å². The lowest BCUT2D eigenvalue weighted by molar-refractivity contribution is -0.390.